The highest BCUT2D eigenvalue weighted by molar-refractivity contribution is 6.31. The summed E-state index contributed by atoms with van der Waals surface area (Å²) in [7, 11) is 2.84. The Labute approximate surface area is 339 Å². The van der Waals surface area contributed by atoms with E-state index in [1.165, 1.54) is 78.5 Å². The maximum Gasteiger partial charge on any atom is 0.296 e. The standard InChI is InChI=1S/C19H16ClN5O4.C19H14ClN5O4/c2*1-11-17(29-16-4-12(7-21)3-14(20)6-16)19(27)25(10-22-11)8-13-5-15(9-26)23-24-18(13)28-2/h3-6,10,26H,8-9H2,1-2H3;3-6,9-10H,8H2,1-2H3. The molecule has 18 nitrogen and oxygen atoms in total. The van der Waals surface area contributed by atoms with Crippen LogP contribution in [0, 0.1) is 36.5 Å². The van der Waals surface area contributed by atoms with Crippen LogP contribution in [0.4, 0.5) is 0 Å². The maximum atomic E-state index is 13.0. The Balaban J connectivity index is 0.000000221. The van der Waals surface area contributed by atoms with Crippen molar-refractivity contribution >= 4 is 29.5 Å². The Hall–Kier alpha value is -7.25. The van der Waals surface area contributed by atoms with Crippen molar-refractivity contribution in [3.63, 3.8) is 0 Å². The van der Waals surface area contributed by atoms with Crippen molar-refractivity contribution in [3.05, 3.63) is 137 Å². The van der Waals surface area contributed by atoms with E-state index in [9.17, 15) is 19.5 Å². The molecule has 0 unspecified atom stereocenters. The number of benzene rings is 2. The quantitative estimate of drug-likeness (QED) is 0.164. The van der Waals surface area contributed by atoms with Gasteiger partial charge in [-0.3, -0.25) is 23.5 Å². The van der Waals surface area contributed by atoms with Crippen LogP contribution in [0.5, 0.6) is 34.8 Å². The number of aliphatic hydroxyl groups excluding tert-OH is 1. The molecule has 0 fully saturated rings. The molecule has 0 saturated heterocycles. The predicted octanol–water partition coefficient (Wildman–Crippen LogP) is 4.74. The molecule has 0 aliphatic heterocycles. The number of aliphatic hydroxyl groups is 1. The maximum absolute atomic E-state index is 13.0. The summed E-state index contributed by atoms with van der Waals surface area (Å²) in [6, 6.07) is 15.9. The highest BCUT2D eigenvalue weighted by Crippen LogP contribution is 2.27. The average Bonchev–Trinajstić information content (AvgIpc) is 3.22. The third-order valence-electron chi connectivity index (χ3n) is 7.88. The molecule has 58 heavy (non-hydrogen) atoms. The van der Waals surface area contributed by atoms with Gasteiger partial charge in [0.1, 0.15) is 17.2 Å². The number of hydrogen-bond acceptors (Lipinski definition) is 16. The van der Waals surface area contributed by atoms with E-state index in [0.717, 1.165) is 0 Å². The fourth-order valence-electron chi connectivity index (χ4n) is 5.15. The van der Waals surface area contributed by atoms with Gasteiger partial charge in [-0.2, -0.15) is 10.5 Å². The van der Waals surface area contributed by atoms with Gasteiger partial charge in [-0.25, -0.2) is 9.97 Å². The monoisotopic (exact) mass is 824 g/mol. The Morgan fingerprint density at radius 2 is 1.17 bits per heavy atom. The predicted molar refractivity (Wildman–Crippen MR) is 206 cm³/mol. The molecule has 6 aromatic rings. The summed E-state index contributed by atoms with van der Waals surface area (Å²) in [5, 5.41) is 43.2. The molecule has 2 aromatic carbocycles. The lowest BCUT2D eigenvalue weighted by atomic mass is 10.2. The molecule has 0 radical (unpaired) electrons. The minimum absolute atomic E-state index is 0.00187. The summed E-state index contributed by atoms with van der Waals surface area (Å²) in [5.41, 5.74) is 1.88. The average molecular weight is 826 g/mol. The first-order valence-electron chi connectivity index (χ1n) is 16.6. The van der Waals surface area contributed by atoms with Crippen molar-refractivity contribution in [3.8, 4) is 46.9 Å². The molecule has 1 N–H and O–H groups in total. The first kappa shape index (κ1) is 41.9. The molecule has 0 aliphatic carbocycles. The summed E-state index contributed by atoms with van der Waals surface area (Å²) < 4.78 is 24.3. The van der Waals surface area contributed by atoms with Gasteiger partial charge in [0.2, 0.25) is 23.3 Å². The molecule has 20 heteroatoms. The van der Waals surface area contributed by atoms with E-state index < -0.39 is 11.1 Å². The second-order valence-electron chi connectivity index (χ2n) is 11.9. The Bertz CT molecular complexity index is 2710. The van der Waals surface area contributed by atoms with Gasteiger partial charge in [-0.05, 0) is 62.4 Å². The van der Waals surface area contributed by atoms with E-state index in [-0.39, 0.29) is 60.1 Å². The van der Waals surface area contributed by atoms with E-state index in [1.54, 1.807) is 19.9 Å². The molecule has 0 aliphatic rings. The summed E-state index contributed by atoms with van der Waals surface area (Å²) in [5.74, 6) is 0.877. The minimum atomic E-state index is -0.470. The van der Waals surface area contributed by atoms with Crippen molar-refractivity contribution < 1.29 is 28.8 Å². The van der Waals surface area contributed by atoms with Crippen molar-refractivity contribution in [2.24, 2.45) is 0 Å². The number of aromatic nitrogens is 8. The second-order valence-corrected chi connectivity index (χ2v) is 12.8. The number of halogens is 2. The Kier molecular flexibility index (Phi) is 13.8. The first-order chi connectivity index (χ1) is 27.9. The summed E-state index contributed by atoms with van der Waals surface area (Å²) in [6.07, 6.45) is 3.28. The highest BCUT2D eigenvalue weighted by atomic mass is 35.5. The zero-order valence-electron chi connectivity index (χ0n) is 31.0. The topological polar surface area (TPSA) is 243 Å². The fourth-order valence-corrected chi connectivity index (χ4v) is 5.60. The van der Waals surface area contributed by atoms with Gasteiger partial charge < -0.3 is 24.1 Å². The van der Waals surface area contributed by atoms with Gasteiger partial charge in [0.15, 0.2) is 6.29 Å². The molecular weight excluding hydrogens is 795 g/mol. The number of nitriles is 2. The van der Waals surface area contributed by atoms with Crippen LogP contribution in [0.3, 0.4) is 0 Å². The van der Waals surface area contributed by atoms with Crippen molar-refractivity contribution in [1.29, 1.82) is 10.5 Å². The summed E-state index contributed by atoms with van der Waals surface area (Å²) >= 11 is 12.0. The minimum Gasteiger partial charge on any atom is -0.480 e. The molecule has 4 heterocycles. The van der Waals surface area contributed by atoms with Crippen molar-refractivity contribution in [2.45, 2.75) is 33.5 Å². The van der Waals surface area contributed by atoms with Crippen LogP contribution in [0.25, 0.3) is 0 Å². The normalized spacial score (nSPS) is 10.4. The molecular formula is C38H30Cl2N10O8. The lowest BCUT2D eigenvalue weighted by molar-refractivity contribution is 0.111. The number of nitrogens with zero attached hydrogens (tertiary/aromatic N) is 10. The van der Waals surface area contributed by atoms with Crippen LogP contribution in [-0.2, 0) is 19.7 Å². The van der Waals surface area contributed by atoms with E-state index in [1.807, 2.05) is 12.1 Å². The molecule has 6 rings (SSSR count). The molecule has 0 saturated carbocycles. The lowest BCUT2D eigenvalue weighted by Crippen LogP contribution is -2.23. The zero-order chi connectivity index (χ0) is 41.9. The number of ether oxygens (including phenoxy) is 4. The lowest BCUT2D eigenvalue weighted by Gasteiger charge is -2.13. The molecule has 0 atom stereocenters. The van der Waals surface area contributed by atoms with Crippen LogP contribution < -0.4 is 30.1 Å². The van der Waals surface area contributed by atoms with Gasteiger partial charge in [0, 0.05) is 21.2 Å². The number of rotatable bonds is 12. The number of methoxy groups -OCH3 is 2. The van der Waals surface area contributed by atoms with E-state index in [4.69, 9.17) is 52.7 Å². The summed E-state index contributed by atoms with van der Waals surface area (Å²) in [4.78, 5) is 45.3. The van der Waals surface area contributed by atoms with Crippen LogP contribution in [-0.4, -0.2) is 65.1 Å². The smallest absolute Gasteiger partial charge is 0.296 e. The van der Waals surface area contributed by atoms with Gasteiger partial charge in [-0.1, -0.05) is 23.2 Å². The number of carbonyl (C=O) groups is 1. The summed E-state index contributed by atoms with van der Waals surface area (Å²) in [6.45, 7) is 3.06. The zero-order valence-corrected chi connectivity index (χ0v) is 32.5. The van der Waals surface area contributed by atoms with Gasteiger partial charge in [-0.15, -0.1) is 20.4 Å². The molecule has 294 valence electrons. The second kappa shape index (κ2) is 19.1. The number of aldehydes is 1. The molecule has 0 amide bonds. The largest absolute Gasteiger partial charge is 0.480 e. The number of hydrogen-bond donors (Lipinski definition) is 1. The number of carbonyl (C=O) groups excluding carboxylic acids is 1. The van der Waals surface area contributed by atoms with Crippen LogP contribution in [0.1, 0.15) is 49.8 Å². The fraction of sp³-hybridized carbons (Fsp3) is 0.184. The molecule has 4 aromatic heterocycles. The third kappa shape index (κ3) is 10.1. The SMILES string of the molecule is COc1nnc(C=O)cc1Cn1cnc(C)c(Oc2cc(Cl)cc(C#N)c2)c1=O.COc1nnc(CO)cc1Cn1cnc(C)c(Oc2cc(Cl)cc(C#N)c2)c1=O. The third-order valence-corrected chi connectivity index (χ3v) is 8.31. The first-order valence-corrected chi connectivity index (χ1v) is 17.4. The highest BCUT2D eigenvalue weighted by Gasteiger charge is 2.17. The van der Waals surface area contributed by atoms with Crippen LogP contribution in [0.2, 0.25) is 10.0 Å². The van der Waals surface area contributed by atoms with Gasteiger partial charge in [0.25, 0.3) is 11.1 Å². The number of aryl methyl sites for hydroxylation is 2. The molecule has 0 spiro atoms. The van der Waals surface area contributed by atoms with Crippen molar-refractivity contribution in [2.75, 3.05) is 14.2 Å². The van der Waals surface area contributed by atoms with E-state index >= 15 is 0 Å². The van der Waals surface area contributed by atoms with Gasteiger partial charge >= 0.3 is 0 Å². The van der Waals surface area contributed by atoms with E-state index in [0.29, 0.717) is 55.7 Å². The Morgan fingerprint density at radius 3 is 1.60 bits per heavy atom. The van der Waals surface area contributed by atoms with Crippen LogP contribution >= 0.6 is 23.2 Å². The van der Waals surface area contributed by atoms with Crippen molar-refractivity contribution in [1.82, 2.24) is 39.5 Å². The van der Waals surface area contributed by atoms with Crippen LogP contribution in [0.15, 0.2) is 70.8 Å². The van der Waals surface area contributed by atoms with Gasteiger partial charge in [0.05, 0.1) is 86.9 Å². The Morgan fingerprint density at radius 1 is 0.707 bits per heavy atom. The molecule has 0 bridgehead atoms. The van der Waals surface area contributed by atoms with E-state index in [2.05, 4.69) is 30.4 Å².